The van der Waals surface area contributed by atoms with E-state index in [9.17, 15) is 14.9 Å². The first kappa shape index (κ1) is 25.2. The maximum absolute atomic E-state index is 13.1. The summed E-state index contributed by atoms with van der Waals surface area (Å²) in [4.78, 5) is 26.8. The van der Waals surface area contributed by atoms with Crippen LogP contribution in [0, 0.1) is 11.3 Å². The summed E-state index contributed by atoms with van der Waals surface area (Å²) in [5.41, 5.74) is 1.38. The van der Waals surface area contributed by atoms with Crippen LogP contribution in [0.1, 0.15) is 51.5 Å². The summed E-state index contributed by atoms with van der Waals surface area (Å²) in [5, 5.41) is 9.49. The second-order valence-electron chi connectivity index (χ2n) is 7.60. The Labute approximate surface area is 190 Å². The second kappa shape index (κ2) is 12.7. The minimum Gasteiger partial charge on any atom is -0.493 e. The zero-order valence-corrected chi connectivity index (χ0v) is 19.4. The van der Waals surface area contributed by atoms with Gasteiger partial charge in [-0.25, -0.2) is 0 Å². The fourth-order valence-electron chi connectivity index (χ4n) is 3.47. The first-order chi connectivity index (χ1) is 15.5. The predicted octanol–water partition coefficient (Wildman–Crippen LogP) is 4.28. The molecule has 1 aliphatic rings. The molecule has 0 bridgehead atoms. The number of rotatable bonds is 12. The van der Waals surface area contributed by atoms with E-state index in [2.05, 4.69) is 6.92 Å². The number of amides is 2. The number of unbranched alkanes of at least 4 members (excludes halogenated alkanes) is 3. The Balaban J connectivity index is 2.29. The van der Waals surface area contributed by atoms with Gasteiger partial charge in [-0.3, -0.25) is 14.5 Å². The molecule has 0 atom stereocenters. The number of nitrogens with zero attached hydrogens (tertiary/aromatic N) is 2. The molecule has 1 aromatic rings. The van der Waals surface area contributed by atoms with E-state index in [0.29, 0.717) is 47.8 Å². The predicted molar refractivity (Wildman–Crippen MR) is 122 cm³/mol. The van der Waals surface area contributed by atoms with Crippen molar-refractivity contribution < 1.29 is 23.8 Å². The van der Waals surface area contributed by atoms with Crippen LogP contribution < -0.4 is 9.47 Å². The van der Waals surface area contributed by atoms with Gasteiger partial charge in [0.25, 0.3) is 11.8 Å². The van der Waals surface area contributed by atoms with Crippen LogP contribution in [0.5, 0.6) is 11.5 Å². The van der Waals surface area contributed by atoms with E-state index < -0.39 is 11.8 Å². The number of benzene rings is 1. The first-order valence-corrected chi connectivity index (χ1v) is 11.0. The molecule has 32 heavy (non-hydrogen) atoms. The van der Waals surface area contributed by atoms with Gasteiger partial charge in [0.15, 0.2) is 11.5 Å². The van der Waals surface area contributed by atoms with Crippen LogP contribution in [0.3, 0.4) is 0 Å². The third-order valence-electron chi connectivity index (χ3n) is 5.31. The second-order valence-corrected chi connectivity index (χ2v) is 7.60. The Morgan fingerprint density at radius 2 is 1.81 bits per heavy atom. The Hall–Kier alpha value is -3.11. The maximum atomic E-state index is 13.1. The SMILES string of the molecule is CCCCCCOc1ccc(/C=C2/C(=O)N(CCCOC)C(=O)C(C#N)=C2C)cc1OC. The van der Waals surface area contributed by atoms with Crippen molar-refractivity contribution in [3.63, 3.8) is 0 Å². The molecule has 1 aromatic carbocycles. The molecule has 0 N–H and O–H groups in total. The van der Waals surface area contributed by atoms with Gasteiger partial charge in [-0.2, -0.15) is 5.26 Å². The third-order valence-corrected chi connectivity index (χ3v) is 5.31. The van der Waals surface area contributed by atoms with Gasteiger partial charge >= 0.3 is 0 Å². The number of methoxy groups -OCH3 is 2. The Kier molecular flexibility index (Phi) is 9.96. The number of nitriles is 1. The highest BCUT2D eigenvalue weighted by Gasteiger charge is 2.35. The Morgan fingerprint density at radius 3 is 2.47 bits per heavy atom. The zero-order valence-electron chi connectivity index (χ0n) is 19.4. The van der Waals surface area contributed by atoms with Gasteiger partial charge in [-0.15, -0.1) is 0 Å². The summed E-state index contributed by atoms with van der Waals surface area (Å²) < 4.78 is 16.3. The summed E-state index contributed by atoms with van der Waals surface area (Å²) >= 11 is 0. The fraction of sp³-hybridized carbons (Fsp3) is 0.480. The number of imide groups is 1. The Morgan fingerprint density at radius 1 is 1.03 bits per heavy atom. The van der Waals surface area contributed by atoms with Crippen molar-refractivity contribution in [3.8, 4) is 17.6 Å². The number of hydrogen-bond acceptors (Lipinski definition) is 6. The first-order valence-electron chi connectivity index (χ1n) is 11.0. The van der Waals surface area contributed by atoms with Gasteiger partial charge in [0.2, 0.25) is 0 Å². The van der Waals surface area contributed by atoms with Crippen LogP contribution in [-0.4, -0.2) is 50.7 Å². The lowest BCUT2D eigenvalue weighted by atomic mass is 9.93. The average Bonchev–Trinajstić information content (AvgIpc) is 2.79. The van der Waals surface area contributed by atoms with E-state index in [0.717, 1.165) is 17.7 Å². The summed E-state index contributed by atoms with van der Waals surface area (Å²) in [7, 11) is 3.12. The fourth-order valence-corrected chi connectivity index (χ4v) is 3.47. The lowest BCUT2D eigenvalue weighted by Crippen LogP contribution is -2.43. The highest BCUT2D eigenvalue weighted by atomic mass is 16.5. The third kappa shape index (κ3) is 6.21. The van der Waals surface area contributed by atoms with Crippen LogP contribution in [0.4, 0.5) is 0 Å². The lowest BCUT2D eigenvalue weighted by Gasteiger charge is -2.27. The van der Waals surface area contributed by atoms with Crippen molar-refractivity contribution in [2.24, 2.45) is 0 Å². The number of hydrogen-bond donors (Lipinski definition) is 0. The molecule has 2 rings (SSSR count). The monoisotopic (exact) mass is 440 g/mol. The van der Waals surface area contributed by atoms with E-state index in [1.54, 1.807) is 33.3 Å². The zero-order chi connectivity index (χ0) is 23.5. The molecule has 2 amide bonds. The molecule has 0 spiro atoms. The standard InChI is InChI=1S/C25H32N2O5/c1-5-6-7-8-14-32-22-11-10-19(16-23(22)31-4)15-20-18(2)21(17-26)25(29)27(24(20)28)12-9-13-30-3/h10-11,15-16H,5-9,12-14H2,1-4H3/b20-15+. The summed E-state index contributed by atoms with van der Waals surface area (Å²) in [6.07, 6.45) is 6.63. The molecule has 0 aromatic heterocycles. The van der Waals surface area contributed by atoms with Crippen molar-refractivity contribution >= 4 is 17.9 Å². The van der Waals surface area contributed by atoms with Gasteiger partial charge < -0.3 is 14.2 Å². The van der Waals surface area contributed by atoms with Crippen LogP contribution in [0.2, 0.25) is 0 Å². The van der Waals surface area contributed by atoms with Crippen LogP contribution >= 0.6 is 0 Å². The smallest absolute Gasteiger partial charge is 0.271 e. The van der Waals surface area contributed by atoms with Gasteiger partial charge in [-0.05, 0) is 49.1 Å². The largest absolute Gasteiger partial charge is 0.493 e. The van der Waals surface area contributed by atoms with E-state index in [4.69, 9.17) is 14.2 Å². The van der Waals surface area contributed by atoms with E-state index in [1.165, 1.54) is 12.8 Å². The summed E-state index contributed by atoms with van der Waals surface area (Å²) in [6, 6.07) is 7.37. The highest BCUT2D eigenvalue weighted by molar-refractivity contribution is 6.19. The van der Waals surface area contributed by atoms with E-state index >= 15 is 0 Å². The highest BCUT2D eigenvalue weighted by Crippen LogP contribution is 2.32. The molecule has 0 fully saturated rings. The van der Waals surface area contributed by atoms with Crippen molar-refractivity contribution in [2.45, 2.75) is 46.0 Å². The van der Waals surface area contributed by atoms with E-state index in [-0.39, 0.29) is 12.1 Å². The minimum absolute atomic E-state index is 0.0211. The van der Waals surface area contributed by atoms with Crippen molar-refractivity contribution in [1.29, 1.82) is 5.26 Å². The van der Waals surface area contributed by atoms with Crippen molar-refractivity contribution in [1.82, 2.24) is 4.90 Å². The molecular formula is C25H32N2O5. The molecule has 7 nitrogen and oxygen atoms in total. The average molecular weight is 441 g/mol. The summed E-state index contributed by atoms with van der Waals surface area (Å²) in [5.74, 6) is 0.223. The van der Waals surface area contributed by atoms with Gasteiger partial charge in [0.05, 0.1) is 13.7 Å². The molecule has 0 aliphatic carbocycles. The lowest BCUT2D eigenvalue weighted by molar-refractivity contribution is -0.140. The quantitative estimate of drug-likeness (QED) is 0.274. The Bertz CT molecular complexity index is 927. The number of carbonyl (C=O) groups is 2. The van der Waals surface area contributed by atoms with Gasteiger partial charge in [-0.1, -0.05) is 32.3 Å². The molecule has 0 radical (unpaired) electrons. The molecule has 0 saturated heterocycles. The molecular weight excluding hydrogens is 408 g/mol. The maximum Gasteiger partial charge on any atom is 0.271 e. The molecule has 7 heteroatoms. The van der Waals surface area contributed by atoms with Crippen LogP contribution in [0.25, 0.3) is 6.08 Å². The van der Waals surface area contributed by atoms with Crippen molar-refractivity contribution in [3.05, 3.63) is 40.5 Å². The van der Waals surface area contributed by atoms with Gasteiger partial charge in [0.1, 0.15) is 11.6 Å². The molecule has 0 saturated carbocycles. The number of ether oxygens (including phenoxy) is 3. The topological polar surface area (TPSA) is 88.9 Å². The van der Waals surface area contributed by atoms with Crippen LogP contribution in [0.15, 0.2) is 34.9 Å². The van der Waals surface area contributed by atoms with Crippen molar-refractivity contribution in [2.75, 3.05) is 34.0 Å². The molecule has 1 heterocycles. The van der Waals surface area contributed by atoms with Crippen LogP contribution in [-0.2, 0) is 14.3 Å². The molecule has 1 aliphatic heterocycles. The normalized spacial score (nSPS) is 15.3. The molecule has 172 valence electrons. The van der Waals surface area contributed by atoms with Gasteiger partial charge in [0, 0.05) is 25.8 Å². The molecule has 0 unspecified atom stereocenters. The number of carbonyl (C=O) groups excluding carboxylic acids is 2. The van der Waals surface area contributed by atoms with E-state index in [1.807, 2.05) is 18.2 Å². The minimum atomic E-state index is -0.562. The summed E-state index contributed by atoms with van der Waals surface area (Å²) in [6.45, 7) is 5.01.